The van der Waals surface area contributed by atoms with Crippen molar-refractivity contribution in [1.82, 2.24) is 5.32 Å². The molecule has 3 amide bonds. The van der Waals surface area contributed by atoms with Gasteiger partial charge in [-0.15, -0.1) is 0 Å². The first-order valence-electron chi connectivity index (χ1n) is 4.92. The highest BCUT2D eigenvalue weighted by atomic mass is 19.1. The van der Waals surface area contributed by atoms with Crippen LogP contribution in [0.2, 0.25) is 0 Å². The molecule has 7 heteroatoms. The van der Waals surface area contributed by atoms with Crippen molar-refractivity contribution in [3.63, 3.8) is 0 Å². The fourth-order valence-electron chi connectivity index (χ4n) is 1.22. The first-order chi connectivity index (χ1) is 8.40. The third-order valence-corrected chi connectivity index (χ3v) is 1.94. The molecule has 0 aliphatic heterocycles. The minimum atomic E-state index is -1.01. The second-order valence-electron chi connectivity index (χ2n) is 3.40. The number of ether oxygens (including phenoxy) is 1. The predicted molar refractivity (Wildman–Crippen MR) is 59.6 cm³/mol. The Morgan fingerprint density at radius 2 is 2.06 bits per heavy atom. The van der Waals surface area contributed by atoms with Gasteiger partial charge in [-0.1, -0.05) is 0 Å². The third kappa shape index (κ3) is 3.85. The average molecular weight is 254 g/mol. The normalized spacial score (nSPS) is 9.67. The summed E-state index contributed by atoms with van der Waals surface area (Å²) in [4.78, 5) is 32.7. The summed E-state index contributed by atoms with van der Waals surface area (Å²) in [6.07, 6.45) is 0. The van der Waals surface area contributed by atoms with E-state index in [9.17, 15) is 18.8 Å². The van der Waals surface area contributed by atoms with Crippen LogP contribution in [0.15, 0.2) is 18.2 Å². The van der Waals surface area contributed by atoms with E-state index in [2.05, 4.69) is 0 Å². The number of ketones is 1. The van der Waals surface area contributed by atoms with E-state index < -0.39 is 30.1 Å². The SMILES string of the molecule is CC(=O)c1cc(F)ccc1OCC(=O)NC(N)=O. The molecule has 0 atom stereocenters. The summed E-state index contributed by atoms with van der Waals surface area (Å²) >= 11 is 0. The molecule has 3 N–H and O–H groups in total. The molecular formula is C11H11FN2O4. The molecular weight excluding hydrogens is 243 g/mol. The Labute approximate surface area is 102 Å². The van der Waals surface area contributed by atoms with Gasteiger partial charge in [0.1, 0.15) is 11.6 Å². The Bertz CT molecular complexity index is 502. The van der Waals surface area contributed by atoms with Gasteiger partial charge in [-0.3, -0.25) is 14.9 Å². The first kappa shape index (κ1) is 13.6. The third-order valence-electron chi connectivity index (χ3n) is 1.94. The number of primary amides is 1. The number of urea groups is 1. The van der Waals surface area contributed by atoms with Gasteiger partial charge in [0.25, 0.3) is 5.91 Å². The number of rotatable bonds is 4. The second-order valence-corrected chi connectivity index (χ2v) is 3.40. The average Bonchev–Trinajstić information content (AvgIpc) is 2.26. The van der Waals surface area contributed by atoms with Crippen LogP contribution < -0.4 is 15.8 Å². The van der Waals surface area contributed by atoms with Gasteiger partial charge in [0.05, 0.1) is 5.56 Å². The van der Waals surface area contributed by atoms with Crippen LogP contribution in [0.4, 0.5) is 9.18 Å². The molecule has 0 fully saturated rings. The topological polar surface area (TPSA) is 98.5 Å². The standard InChI is InChI=1S/C11H11FN2O4/c1-6(15)8-4-7(12)2-3-9(8)18-5-10(16)14-11(13)17/h2-4H,5H2,1H3,(H3,13,14,16,17). The smallest absolute Gasteiger partial charge is 0.318 e. The molecule has 18 heavy (non-hydrogen) atoms. The summed E-state index contributed by atoms with van der Waals surface area (Å²) in [5.41, 5.74) is 4.75. The molecule has 1 aromatic rings. The van der Waals surface area contributed by atoms with Crippen molar-refractivity contribution in [2.45, 2.75) is 6.92 Å². The number of nitrogens with two attached hydrogens (primary N) is 1. The summed E-state index contributed by atoms with van der Waals surface area (Å²) < 4.78 is 17.9. The van der Waals surface area contributed by atoms with Crippen molar-refractivity contribution in [3.8, 4) is 5.75 Å². The van der Waals surface area contributed by atoms with Crippen molar-refractivity contribution in [3.05, 3.63) is 29.6 Å². The van der Waals surface area contributed by atoms with E-state index in [1.807, 2.05) is 0 Å². The van der Waals surface area contributed by atoms with E-state index in [0.717, 1.165) is 12.1 Å². The fourth-order valence-corrected chi connectivity index (χ4v) is 1.22. The van der Waals surface area contributed by atoms with Gasteiger partial charge in [0.15, 0.2) is 12.4 Å². The number of Topliss-reactive ketones (excluding diaryl/α,β-unsaturated/α-hetero) is 1. The van der Waals surface area contributed by atoms with Crippen LogP contribution in [0, 0.1) is 5.82 Å². The van der Waals surface area contributed by atoms with Gasteiger partial charge in [-0.05, 0) is 25.1 Å². The molecule has 96 valence electrons. The van der Waals surface area contributed by atoms with Gasteiger partial charge in [0.2, 0.25) is 0 Å². The Morgan fingerprint density at radius 1 is 1.39 bits per heavy atom. The van der Waals surface area contributed by atoms with E-state index in [-0.39, 0.29) is 11.3 Å². The monoisotopic (exact) mass is 254 g/mol. The molecule has 0 unspecified atom stereocenters. The first-order valence-corrected chi connectivity index (χ1v) is 4.92. The van der Waals surface area contributed by atoms with Crippen LogP contribution >= 0.6 is 0 Å². The van der Waals surface area contributed by atoms with Crippen LogP contribution in [-0.4, -0.2) is 24.3 Å². The second kappa shape index (κ2) is 5.76. The molecule has 0 heterocycles. The molecule has 0 aromatic heterocycles. The molecule has 0 radical (unpaired) electrons. The van der Waals surface area contributed by atoms with E-state index >= 15 is 0 Å². The highest BCUT2D eigenvalue weighted by molar-refractivity contribution is 5.97. The van der Waals surface area contributed by atoms with E-state index in [0.29, 0.717) is 0 Å². The van der Waals surface area contributed by atoms with Crippen LogP contribution in [-0.2, 0) is 4.79 Å². The molecule has 6 nitrogen and oxygen atoms in total. The minimum Gasteiger partial charge on any atom is -0.483 e. The number of hydrogen-bond acceptors (Lipinski definition) is 4. The molecule has 0 spiro atoms. The lowest BCUT2D eigenvalue weighted by atomic mass is 10.1. The molecule has 0 saturated heterocycles. The molecule has 0 saturated carbocycles. The van der Waals surface area contributed by atoms with Crippen molar-refractivity contribution < 1.29 is 23.5 Å². The lowest BCUT2D eigenvalue weighted by Crippen LogP contribution is -2.38. The van der Waals surface area contributed by atoms with Crippen molar-refractivity contribution in [2.24, 2.45) is 5.73 Å². The van der Waals surface area contributed by atoms with E-state index in [1.54, 1.807) is 5.32 Å². The number of hydrogen-bond donors (Lipinski definition) is 2. The van der Waals surface area contributed by atoms with Crippen LogP contribution in [0.5, 0.6) is 5.75 Å². The number of nitrogens with one attached hydrogen (secondary N) is 1. The molecule has 0 bridgehead atoms. The van der Waals surface area contributed by atoms with E-state index in [4.69, 9.17) is 10.5 Å². The van der Waals surface area contributed by atoms with Crippen molar-refractivity contribution >= 4 is 17.7 Å². The highest BCUT2D eigenvalue weighted by Crippen LogP contribution is 2.20. The van der Waals surface area contributed by atoms with Crippen LogP contribution in [0.1, 0.15) is 17.3 Å². The predicted octanol–water partition coefficient (Wildman–Crippen LogP) is 0.602. The molecule has 1 rings (SSSR count). The maximum Gasteiger partial charge on any atom is 0.318 e. The van der Waals surface area contributed by atoms with Gasteiger partial charge in [-0.2, -0.15) is 0 Å². The maximum atomic E-state index is 12.9. The number of carbonyl (C=O) groups excluding carboxylic acids is 3. The summed E-state index contributed by atoms with van der Waals surface area (Å²) in [6, 6.07) is 2.32. The Kier molecular flexibility index (Phi) is 4.36. The lowest BCUT2D eigenvalue weighted by molar-refractivity contribution is -0.121. The Hall–Kier alpha value is -2.44. The molecule has 1 aromatic carbocycles. The number of halogens is 1. The summed E-state index contributed by atoms with van der Waals surface area (Å²) in [6.45, 7) is 0.736. The lowest BCUT2D eigenvalue weighted by Gasteiger charge is -2.09. The largest absolute Gasteiger partial charge is 0.483 e. The summed E-state index contributed by atoms with van der Waals surface area (Å²) in [5.74, 6) is -1.70. The number of carbonyl (C=O) groups is 3. The van der Waals surface area contributed by atoms with Gasteiger partial charge in [-0.25, -0.2) is 9.18 Å². The highest BCUT2D eigenvalue weighted by Gasteiger charge is 2.12. The van der Waals surface area contributed by atoms with Gasteiger partial charge < -0.3 is 10.5 Å². The van der Waals surface area contributed by atoms with Crippen LogP contribution in [0.3, 0.4) is 0 Å². The zero-order valence-corrected chi connectivity index (χ0v) is 9.53. The number of imide groups is 1. The van der Waals surface area contributed by atoms with Gasteiger partial charge in [0, 0.05) is 0 Å². The van der Waals surface area contributed by atoms with Crippen molar-refractivity contribution in [1.29, 1.82) is 0 Å². The Balaban J connectivity index is 2.76. The summed E-state index contributed by atoms with van der Waals surface area (Å²) in [5, 5.41) is 1.79. The molecule has 0 aliphatic carbocycles. The summed E-state index contributed by atoms with van der Waals surface area (Å²) in [7, 11) is 0. The number of benzene rings is 1. The van der Waals surface area contributed by atoms with Crippen LogP contribution in [0.25, 0.3) is 0 Å². The van der Waals surface area contributed by atoms with E-state index in [1.165, 1.54) is 13.0 Å². The minimum absolute atomic E-state index is 0.0156. The zero-order chi connectivity index (χ0) is 13.7. The van der Waals surface area contributed by atoms with Crippen molar-refractivity contribution in [2.75, 3.05) is 6.61 Å². The molecule has 0 aliphatic rings. The van der Waals surface area contributed by atoms with Gasteiger partial charge >= 0.3 is 6.03 Å². The quantitative estimate of drug-likeness (QED) is 0.768. The zero-order valence-electron chi connectivity index (χ0n) is 9.53. The maximum absolute atomic E-state index is 12.9. The number of amides is 3. The Morgan fingerprint density at radius 3 is 2.61 bits per heavy atom. The fraction of sp³-hybridized carbons (Fsp3) is 0.182.